The molecule has 0 saturated heterocycles. The third kappa shape index (κ3) is 2.83. The van der Waals surface area contributed by atoms with Crippen LogP contribution in [0.1, 0.15) is 5.56 Å². The average Bonchev–Trinajstić information content (AvgIpc) is 2.06. The Morgan fingerprint density at radius 3 is 3.00 bits per heavy atom. The second kappa shape index (κ2) is 4.00. The van der Waals surface area contributed by atoms with E-state index in [2.05, 4.69) is 4.98 Å². The predicted molar refractivity (Wildman–Crippen MR) is 47.4 cm³/mol. The Labute approximate surface area is 79.0 Å². The van der Waals surface area contributed by atoms with Crippen LogP contribution in [0.4, 0.5) is 4.39 Å². The fraction of sp³-hybridized carbons (Fsp3) is 0. The highest BCUT2D eigenvalue weighted by molar-refractivity contribution is 6.32. The van der Waals surface area contributed by atoms with Gasteiger partial charge in [0.1, 0.15) is 0 Å². The van der Waals surface area contributed by atoms with Crippen LogP contribution in [-0.4, -0.2) is 10.9 Å². The normalized spacial score (nSPS) is 10.6. The Morgan fingerprint density at radius 1 is 1.69 bits per heavy atom. The Kier molecular flexibility index (Phi) is 2.97. The topological polar surface area (TPSA) is 56.0 Å². The molecule has 3 nitrogen and oxygen atoms in total. The summed E-state index contributed by atoms with van der Waals surface area (Å²) in [5.74, 6) is -1.28. The number of nitrogens with two attached hydrogens (primary N) is 1. The molecular formula is C8H6ClFN2O. The molecule has 0 spiro atoms. The molecule has 0 aliphatic carbocycles. The maximum Gasteiger partial charge on any atom is 0.241 e. The number of hydrogen-bond donors (Lipinski definition) is 1. The molecule has 1 amide bonds. The minimum Gasteiger partial charge on any atom is -0.366 e. The van der Waals surface area contributed by atoms with Crippen molar-refractivity contribution in [1.29, 1.82) is 0 Å². The first-order valence-electron chi connectivity index (χ1n) is 3.38. The number of rotatable bonds is 2. The lowest BCUT2D eigenvalue weighted by molar-refractivity contribution is -0.113. The number of nitrogens with zero attached hydrogens (tertiary/aromatic N) is 1. The van der Waals surface area contributed by atoms with Gasteiger partial charge in [0.15, 0.2) is 0 Å². The fourth-order valence-corrected chi connectivity index (χ4v) is 0.893. The molecule has 0 atom stereocenters. The highest BCUT2D eigenvalue weighted by atomic mass is 35.5. The molecule has 1 rings (SSSR count). The van der Waals surface area contributed by atoms with Gasteiger partial charge < -0.3 is 5.73 Å². The van der Waals surface area contributed by atoms with Gasteiger partial charge in [-0.1, -0.05) is 11.6 Å². The summed E-state index contributed by atoms with van der Waals surface area (Å²) in [6.07, 6.45) is 3.59. The van der Waals surface area contributed by atoms with E-state index in [1.807, 2.05) is 0 Å². The zero-order chi connectivity index (χ0) is 9.84. The largest absolute Gasteiger partial charge is 0.366 e. The number of aromatic nitrogens is 1. The second-order valence-corrected chi connectivity index (χ2v) is 2.67. The van der Waals surface area contributed by atoms with Crippen molar-refractivity contribution in [2.75, 3.05) is 0 Å². The van der Waals surface area contributed by atoms with Crippen LogP contribution >= 0.6 is 11.6 Å². The molecule has 1 aromatic rings. The van der Waals surface area contributed by atoms with Crippen LogP contribution in [0.15, 0.2) is 18.3 Å². The Morgan fingerprint density at radius 2 is 2.38 bits per heavy atom. The van der Waals surface area contributed by atoms with Crippen molar-refractivity contribution in [3.63, 3.8) is 0 Å². The molecule has 0 aromatic carbocycles. The summed E-state index contributed by atoms with van der Waals surface area (Å²) >= 11 is 5.65. The Hall–Kier alpha value is -1.42. The van der Waals surface area contributed by atoms with Crippen LogP contribution in [0.5, 0.6) is 0 Å². The van der Waals surface area contributed by atoms with Gasteiger partial charge in [-0.3, -0.25) is 4.79 Å². The number of pyridine rings is 1. The second-order valence-electron chi connectivity index (χ2n) is 2.26. The van der Waals surface area contributed by atoms with Crippen LogP contribution in [0.3, 0.4) is 0 Å². The summed E-state index contributed by atoms with van der Waals surface area (Å²) < 4.78 is 12.6. The monoisotopic (exact) mass is 200 g/mol. The molecule has 68 valence electrons. The highest BCUT2D eigenvalue weighted by Gasteiger charge is 1.99. The minimum absolute atomic E-state index is 0.263. The van der Waals surface area contributed by atoms with Gasteiger partial charge in [-0.2, -0.15) is 4.39 Å². The number of hydrogen-bond acceptors (Lipinski definition) is 2. The molecule has 1 heterocycles. The van der Waals surface area contributed by atoms with Crippen molar-refractivity contribution >= 4 is 23.6 Å². The standard InChI is InChI=1S/C8H6ClFN2O/c9-6-4-12-7(10)3-5(6)1-2-8(11)13/h1-4H,(H2,11,13). The van der Waals surface area contributed by atoms with Gasteiger partial charge >= 0.3 is 0 Å². The summed E-state index contributed by atoms with van der Waals surface area (Å²) in [5.41, 5.74) is 5.22. The number of carbonyl (C=O) groups is 1. The van der Waals surface area contributed by atoms with E-state index in [9.17, 15) is 9.18 Å². The van der Waals surface area contributed by atoms with E-state index >= 15 is 0 Å². The van der Waals surface area contributed by atoms with Crippen LogP contribution < -0.4 is 5.73 Å². The molecule has 0 unspecified atom stereocenters. The van der Waals surface area contributed by atoms with Crippen molar-refractivity contribution in [1.82, 2.24) is 4.98 Å². The van der Waals surface area contributed by atoms with E-state index in [1.165, 1.54) is 6.08 Å². The van der Waals surface area contributed by atoms with Crippen molar-refractivity contribution in [3.05, 3.63) is 34.9 Å². The maximum absolute atomic E-state index is 12.6. The third-order valence-corrected chi connectivity index (χ3v) is 1.59. The lowest BCUT2D eigenvalue weighted by atomic mass is 10.2. The molecular weight excluding hydrogens is 195 g/mol. The molecule has 0 saturated carbocycles. The highest BCUT2D eigenvalue weighted by Crippen LogP contribution is 2.16. The molecule has 2 N–H and O–H groups in total. The predicted octanol–water partition coefficient (Wildman–Crippen LogP) is 1.37. The molecule has 0 bridgehead atoms. The lowest BCUT2D eigenvalue weighted by Gasteiger charge is -1.95. The summed E-state index contributed by atoms with van der Waals surface area (Å²) in [5, 5.41) is 0.263. The van der Waals surface area contributed by atoms with Crippen molar-refractivity contribution in [3.8, 4) is 0 Å². The third-order valence-electron chi connectivity index (χ3n) is 1.28. The molecule has 0 aliphatic heterocycles. The molecule has 1 aromatic heterocycles. The van der Waals surface area contributed by atoms with Crippen LogP contribution in [0.25, 0.3) is 6.08 Å². The fourth-order valence-electron chi connectivity index (χ4n) is 0.727. The van der Waals surface area contributed by atoms with E-state index in [4.69, 9.17) is 17.3 Å². The first kappa shape index (κ1) is 9.67. The molecule has 0 radical (unpaired) electrons. The van der Waals surface area contributed by atoms with Crippen molar-refractivity contribution in [2.24, 2.45) is 5.73 Å². The molecule has 0 fully saturated rings. The number of halogens is 2. The van der Waals surface area contributed by atoms with Gasteiger partial charge in [-0.25, -0.2) is 4.98 Å². The summed E-state index contributed by atoms with van der Waals surface area (Å²) in [6, 6.07) is 1.11. The van der Waals surface area contributed by atoms with Gasteiger partial charge in [-0.05, 0) is 11.6 Å². The summed E-state index contributed by atoms with van der Waals surface area (Å²) in [4.78, 5) is 13.7. The van der Waals surface area contributed by atoms with Crippen molar-refractivity contribution < 1.29 is 9.18 Å². The van der Waals surface area contributed by atoms with Gasteiger partial charge in [0.25, 0.3) is 0 Å². The quantitative estimate of drug-likeness (QED) is 0.579. The zero-order valence-corrected chi connectivity index (χ0v) is 7.25. The summed E-state index contributed by atoms with van der Waals surface area (Å²) in [6.45, 7) is 0. The summed E-state index contributed by atoms with van der Waals surface area (Å²) in [7, 11) is 0. The van der Waals surface area contributed by atoms with Crippen LogP contribution in [0, 0.1) is 5.95 Å². The van der Waals surface area contributed by atoms with E-state index < -0.39 is 11.9 Å². The maximum atomic E-state index is 12.6. The van der Waals surface area contributed by atoms with Gasteiger partial charge in [0, 0.05) is 18.3 Å². The first-order chi connectivity index (χ1) is 6.09. The smallest absolute Gasteiger partial charge is 0.241 e. The lowest BCUT2D eigenvalue weighted by Crippen LogP contribution is -2.05. The number of carbonyl (C=O) groups excluding carboxylic acids is 1. The van der Waals surface area contributed by atoms with Gasteiger partial charge in [-0.15, -0.1) is 0 Å². The Bertz CT molecular complexity index is 365. The van der Waals surface area contributed by atoms with Gasteiger partial charge in [0.05, 0.1) is 5.02 Å². The van der Waals surface area contributed by atoms with Crippen LogP contribution in [-0.2, 0) is 4.79 Å². The van der Waals surface area contributed by atoms with E-state index in [0.717, 1.165) is 18.3 Å². The Balaban J connectivity index is 3.00. The number of primary amides is 1. The molecule has 0 aliphatic rings. The first-order valence-corrected chi connectivity index (χ1v) is 3.76. The SMILES string of the molecule is NC(=O)C=Cc1cc(F)ncc1Cl. The van der Waals surface area contributed by atoms with Gasteiger partial charge in [0.2, 0.25) is 11.9 Å². The van der Waals surface area contributed by atoms with E-state index in [1.54, 1.807) is 0 Å². The number of amides is 1. The minimum atomic E-state index is -0.659. The average molecular weight is 201 g/mol. The van der Waals surface area contributed by atoms with Crippen LogP contribution in [0.2, 0.25) is 5.02 Å². The molecule has 5 heteroatoms. The molecule has 13 heavy (non-hydrogen) atoms. The van der Waals surface area contributed by atoms with E-state index in [0.29, 0.717) is 5.56 Å². The zero-order valence-electron chi connectivity index (χ0n) is 6.50. The van der Waals surface area contributed by atoms with E-state index in [-0.39, 0.29) is 5.02 Å². The van der Waals surface area contributed by atoms with Crippen molar-refractivity contribution in [2.45, 2.75) is 0 Å².